The van der Waals surface area contributed by atoms with Crippen molar-refractivity contribution >= 4 is 5.97 Å². The number of nitrogens with one attached hydrogen (secondary N) is 1. The van der Waals surface area contributed by atoms with Gasteiger partial charge in [0, 0.05) is 12.6 Å². The molecule has 0 aromatic heterocycles. The number of carbonyl (C=O) groups excluding carboxylic acids is 1. The quantitative estimate of drug-likeness (QED) is 0.796. The minimum atomic E-state index is -0.425. The normalized spacial score (nSPS) is 23.1. The van der Waals surface area contributed by atoms with Crippen molar-refractivity contribution in [3.05, 3.63) is 0 Å². The lowest BCUT2D eigenvalue weighted by Crippen LogP contribution is -2.47. The maximum atomic E-state index is 11.7. The molecule has 1 aliphatic heterocycles. The molecule has 1 saturated heterocycles. The standard InChI is InChI=1S/C12H24N2O2/c1-5-13-10-7-6-8-14(9-10)16-11(15)12(2,3)4/h10,13H,5-9H2,1-4H3/t10-/m1/s1. The predicted octanol–water partition coefficient (Wildman–Crippen LogP) is 1.56. The van der Waals surface area contributed by atoms with E-state index in [1.54, 1.807) is 5.06 Å². The van der Waals surface area contributed by atoms with Crippen molar-refractivity contribution in [3.63, 3.8) is 0 Å². The van der Waals surface area contributed by atoms with Crippen LogP contribution in [0, 0.1) is 5.41 Å². The SMILES string of the molecule is CCN[C@@H]1CCCN(OC(=O)C(C)(C)C)C1. The van der Waals surface area contributed by atoms with Crippen LogP contribution >= 0.6 is 0 Å². The lowest BCUT2D eigenvalue weighted by molar-refractivity contribution is -0.205. The van der Waals surface area contributed by atoms with Gasteiger partial charge in [0.05, 0.1) is 12.0 Å². The third-order valence-electron chi connectivity index (χ3n) is 2.70. The molecule has 1 atom stereocenters. The Labute approximate surface area is 98.3 Å². The molecule has 4 heteroatoms. The van der Waals surface area contributed by atoms with Crippen LogP contribution in [0.4, 0.5) is 0 Å². The summed E-state index contributed by atoms with van der Waals surface area (Å²) in [6.07, 6.45) is 2.24. The van der Waals surface area contributed by atoms with Gasteiger partial charge in [-0.05, 0) is 40.2 Å². The molecule has 1 N–H and O–H groups in total. The number of carbonyl (C=O) groups is 1. The maximum Gasteiger partial charge on any atom is 0.330 e. The Balaban J connectivity index is 2.40. The van der Waals surface area contributed by atoms with E-state index in [0.29, 0.717) is 6.04 Å². The van der Waals surface area contributed by atoms with Crippen LogP contribution in [0.2, 0.25) is 0 Å². The summed E-state index contributed by atoms with van der Waals surface area (Å²) in [6.45, 7) is 10.3. The van der Waals surface area contributed by atoms with Crippen LogP contribution in [0.15, 0.2) is 0 Å². The van der Waals surface area contributed by atoms with Crippen LogP contribution in [0.3, 0.4) is 0 Å². The first-order valence-corrected chi connectivity index (χ1v) is 6.14. The highest BCUT2D eigenvalue weighted by atomic mass is 16.7. The van der Waals surface area contributed by atoms with Crippen LogP contribution < -0.4 is 5.32 Å². The van der Waals surface area contributed by atoms with Crippen LogP contribution in [0.5, 0.6) is 0 Å². The highest BCUT2D eigenvalue weighted by Gasteiger charge is 2.28. The van der Waals surface area contributed by atoms with Crippen molar-refractivity contribution in [2.24, 2.45) is 5.41 Å². The lowest BCUT2D eigenvalue weighted by Gasteiger charge is -2.33. The summed E-state index contributed by atoms with van der Waals surface area (Å²) in [4.78, 5) is 17.1. The second kappa shape index (κ2) is 5.64. The summed E-state index contributed by atoms with van der Waals surface area (Å²) in [6, 6.07) is 0.450. The van der Waals surface area contributed by atoms with Gasteiger partial charge >= 0.3 is 5.97 Å². The first-order chi connectivity index (χ1) is 7.43. The number of hydrogen-bond donors (Lipinski definition) is 1. The second-order valence-electron chi connectivity index (χ2n) is 5.41. The predicted molar refractivity (Wildman–Crippen MR) is 63.8 cm³/mol. The number of hydrogen-bond acceptors (Lipinski definition) is 4. The fourth-order valence-electron chi connectivity index (χ4n) is 1.73. The summed E-state index contributed by atoms with van der Waals surface area (Å²) in [5.41, 5.74) is -0.425. The van der Waals surface area contributed by atoms with Crippen molar-refractivity contribution in [1.29, 1.82) is 0 Å². The van der Waals surface area contributed by atoms with E-state index >= 15 is 0 Å². The first-order valence-electron chi connectivity index (χ1n) is 6.14. The zero-order valence-corrected chi connectivity index (χ0v) is 10.9. The summed E-state index contributed by atoms with van der Waals surface area (Å²) in [5.74, 6) is -0.148. The zero-order chi connectivity index (χ0) is 12.2. The third kappa shape index (κ3) is 4.10. The van der Waals surface area contributed by atoms with E-state index in [0.717, 1.165) is 32.5 Å². The second-order valence-corrected chi connectivity index (χ2v) is 5.41. The number of nitrogens with zero attached hydrogens (tertiary/aromatic N) is 1. The summed E-state index contributed by atoms with van der Waals surface area (Å²) >= 11 is 0. The Kier molecular flexibility index (Phi) is 4.74. The van der Waals surface area contributed by atoms with Crippen molar-refractivity contribution in [2.75, 3.05) is 19.6 Å². The number of piperidine rings is 1. The molecule has 0 bridgehead atoms. The van der Waals surface area contributed by atoms with E-state index in [9.17, 15) is 4.79 Å². The summed E-state index contributed by atoms with van der Waals surface area (Å²) < 4.78 is 0. The first kappa shape index (κ1) is 13.5. The Bertz CT molecular complexity index is 234. The Morgan fingerprint density at radius 3 is 2.75 bits per heavy atom. The third-order valence-corrected chi connectivity index (χ3v) is 2.70. The minimum Gasteiger partial charge on any atom is -0.367 e. The molecule has 0 unspecified atom stereocenters. The summed E-state index contributed by atoms with van der Waals surface area (Å²) in [7, 11) is 0. The topological polar surface area (TPSA) is 41.6 Å². The lowest BCUT2D eigenvalue weighted by atomic mass is 9.98. The molecular formula is C12H24N2O2. The van der Waals surface area contributed by atoms with Crippen molar-refractivity contribution < 1.29 is 9.63 Å². The zero-order valence-electron chi connectivity index (χ0n) is 10.9. The molecule has 0 radical (unpaired) electrons. The molecule has 0 aromatic carbocycles. The molecule has 0 saturated carbocycles. The fourth-order valence-corrected chi connectivity index (χ4v) is 1.73. The molecule has 16 heavy (non-hydrogen) atoms. The van der Waals surface area contributed by atoms with Crippen molar-refractivity contribution in [3.8, 4) is 0 Å². The van der Waals surface area contributed by atoms with E-state index in [1.165, 1.54) is 0 Å². The molecule has 0 aromatic rings. The van der Waals surface area contributed by atoms with Crippen LogP contribution in [0.25, 0.3) is 0 Å². The molecule has 4 nitrogen and oxygen atoms in total. The number of rotatable bonds is 3. The molecule has 1 heterocycles. The largest absolute Gasteiger partial charge is 0.367 e. The Hall–Kier alpha value is -0.610. The monoisotopic (exact) mass is 228 g/mol. The van der Waals surface area contributed by atoms with Gasteiger partial charge in [0.25, 0.3) is 0 Å². The van der Waals surface area contributed by atoms with Crippen LogP contribution in [0.1, 0.15) is 40.5 Å². The van der Waals surface area contributed by atoms with Crippen molar-refractivity contribution in [1.82, 2.24) is 10.4 Å². The van der Waals surface area contributed by atoms with Gasteiger partial charge in [0.15, 0.2) is 0 Å². The van der Waals surface area contributed by atoms with E-state index in [1.807, 2.05) is 20.8 Å². The van der Waals surface area contributed by atoms with Gasteiger partial charge in [-0.15, -0.1) is 5.06 Å². The van der Waals surface area contributed by atoms with Gasteiger partial charge in [-0.25, -0.2) is 4.79 Å². The van der Waals surface area contributed by atoms with Crippen LogP contribution in [-0.4, -0.2) is 36.7 Å². The van der Waals surface area contributed by atoms with E-state index in [2.05, 4.69) is 12.2 Å². The average Bonchev–Trinajstić information content (AvgIpc) is 2.17. The number of likely N-dealkylation sites (N-methyl/N-ethyl adjacent to an activating group) is 1. The smallest absolute Gasteiger partial charge is 0.330 e. The van der Waals surface area contributed by atoms with Gasteiger partial charge in [0.1, 0.15) is 0 Å². The van der Waals surface area contributed by atoms with Gasteiger partial charge in [0.2, 0.25) is 0 Å². The number of hydroxylamine groups is 2. The highest BCUT2D eigenvalue weighted by molar-refractivity contribution is 5.75. The average molecular weight is 228 g/mol. The Morgan fingerprint density at radius 2 is 2.19 bits per heavy atom. The van der Waals surface area contributed by atoms with Crippen molar-refractivity contribution in [2.45, 2.75) is 46.6 Å². The van der Waals surface area contributed by atoms with Gasteiger partial charge in [-0.2, -0.15) is 0 Å². The van der Waals surface area contributed by atoms with E-state index in [4.69, 9.17) is 4.84 Å². The van der Waals surface area contributed by atoms with Gasteiger partial charge in [-0.3, -0.25) is 0 Å². The molecule has 94 valence electrons. The molecule has 0 aliphatic carbocycles. The molecule has 1 rings (SSSR count). The van der Waals surface area contributed by atoms with Gasteiger partial charge < -0.3 is 10.2 Å². The Morgan fingerprint density at radius 1 is 1.50 bits per heavy atom. The minimum absolute atomic E-state index is 0.148. The van der Waals surface area contributed by atoms with Gasteiger partial charge in [-0.1, -0.05) is 6.92 Å². The van der Waals surface area contributed by atoms with E-state index < -0.39 is 5.41 Å². The van der Waals surface area contributed by atoms with E-state index in [-0.39, 0.29) is 5.97 Å². The molecule has 1 fully saturated rings. The molecule has 0 amide bonds. The molecule has 1 aliphatic rings. The summed E-state index contributed by atoms with van der Waals surface area (Å²) in [5, 5.41) is 5.19. The highest BCUT2D eigenvalue weighted by Crippen LogP contribution is 2.18. The van der Waals surface area contributed by atoms with Crippen LogP contribution in [-0.2, 0) is 9.63 Å². The molecular weight excluding hydrogens is 204 g/mol. The fraction of sp³-hybridized carbons (Fsp3) is 0.917. The molecule has 0 spiro atoms. The maximum absolute atomic E-state index is 11.7.